The van der Waals surface area contributed by atoms with E-state index >= 15 is 0 Å². The first-order valence-electron chi connectivity index (χ1n) is 11.7. The van der Waals surface area contributed by atoms with Crippen molar-refractivity contribution in [3.05, 3.63) is 57.3 Å². The molecule has 1 amide bonds. The molecule has 4 heterocycles. The Labute approximate surface area is 196 Å². The monoisotopic (exact) mass is 477 g/mol. The summed E-state index contributed by atoms with van der Waals surface area (Å²) in [4.78, 5) is 34.7. The highest BCUT2D eigenvalue weighted by atomic mass is 19.4. The first kappa shape index (κ1) is 24.3. The minimum Gasteiger partial charge on any atom is -0.370 e. The fraction of sp³-hybridized carbons (Fsp3) is 0.542. The Morgan fingerprint density at radius 3 is 2.50 bits per heavy atom. The second-order valence-corrected chi connectivity index (χ2v) is 8.96. The Bertz CT molecular complexity index is 1090. The third-order valence-electron chi connectivity index (χ3n) is 6.98. The number of nitrogens with zero attached hydrogens (tertiary/aromatic N) is 3. The molecule has 7 nitrogen and oxygen atoms in total. The van der Waals surface area contributed by atoms with E-state index in [1.165, 1.54) is 19.2 Å². The van der Waals surface area contributed by atoms with Crippen molar-refractivity contribution in [3.63, 3.8) is 0 Å². The number of aromatic amines is 1. The lowest BCUT2D eigenvalue weighted by atomic mass is 10.0. The predicted octanol–water partition coefficient (Wildman–Crippen LogP) is 3.17. The van der Waals surface area contributed by atoms with Crippen LogP contribution in [0, 0.1) is 0 Å². The number of amides is 1. The molecular formula is C24H30F3N5O2. The van der Waals surface area contributed by atoms with Crippen LogP contribution in [0.15, 0.2) is 29.1 Å². The summed E-state index contributed by atoms with van der Waals surface area (Å²) in [6, 6.07) is 6.88. The van der Waals surface area contributed by atoms with Crippen LogP contribution in [-0.2, 0) is 12.6 Å². The number of carbonyl (C=O) groups excluding carboxylic acids is 1. The number of anilines is 1. The molecule has 0 radical (unpaired) electrons. The molecule has 2 aromatic heterocycles. The maximum absolute atomic E-state index is 13.7. The molecule has 0 bridgehead atoms. The Hall–Kier alpha value is -2.88. The molecule has 184 valence electrons. The molecule has 2 fully saturated rings. The average molecular weight is 478 g/mol. The largest absolute Gasteiger partial charge is 0.435 e. The highest BCUT2D eigenvalue weighted by molar-refractivity contribution is 5.92. The molecule has 34 heavy (non-hydrogen) atoms. The van der Waals surface area contributed by atoms with Crippen LogP contribution in [0.1, 0.15) is 59.5 Å². The smallest absolute Gasteiger partial charge is 0.370 e. The van der Waals surface area contributed by atoms with Crippen LogP contribution in [-0.4, -0.2) is 60.0 Å². The third-order valence-corrected chi connectivity index (χ3v) is 6.98. The summed E-state index contributed by atoms with van der Waals surface area (Å²) in [6.45, 7) is 4.67. The van der Waals surface area contributed by atoms with E-state index in [1.807, 2.05) is 19.1 Å². The van der Waals surface area contributed by atoms with Gasteiger partial charge in [-0.2, -0.15) is 13.2 Å². The minimum atomic E-state index is -4.65. The van der Waals surface area contributed by atoms with Gasteiger partial charge >= 0.3 is 6.18 Å². The van der Waals surface area contributed by atoms with Crippen LogP contribution in [0.5, 0.6) is 0 Å². The van der Waals surface area contributed by atoms with E-state index in [-0.39, 0.29) is 28.9 Å². The van der Waals surface area contributed by atoms with Gasteiger partial charge in [0, 0.05) is 49.9 Å². The molecule has 2 aliphatic heterocycles. The summed E-state index contributed by atoms with van der Waals surface area (Å²) < 4.78 is 41.1. The van der Waals surface area contributed by atoms with Gasteiger partial charge in [-0.1, -0.05) is 13.0 Å². The van der Waals surface area contributed by atoms with E-state index < -0.39 is 17.8 Å². The van der Waals surface area contributed by atoms with Crippen LogP contribution in [0.2, 0.25) is 0 Å². The van der Waals surface area contributed by atoms with E-state index in [4.69, 9.17) is 0 Å². The van der Waals surface area contributed by atoms with Crippen molar-refractivity contribution in [1.29, 1.82) is 0 Å². The molecule has 2 aliphatic rings. The maximum atomic E-state index is 13.7. The first-order chi connectivity index (χ1) is 16.2. The average Bonchev–Trinajstić information content (AvgIpc) is 3.33. The second kappa shape index (κ2) is 9.77. The Kier molecular flexibility index (Phi) is 6.97. The van der Waals surface area contributed by atoms with Crippen LogP contribution in [0.3, 0.4) is 0 Å². The van der Waals surface area contributed by atoms with Crippen molar-refractivity contribution in [1.82, 2.24) is 20.2 Å². The van der Waals surface area contributed by atoms with Gasteiger partial charge in [-0.15, -0.1) is 0 Å². The van der Waals surface area contributed by atoms with Gasteiger partial charge in [0.15, 0.2) is 5.69 Å². The van der Waals surface area contributed by atoms with Crippen molar-refractivity contribution < 1.29 is 18.0 Å². The molecule has 1 atom stereocenters. The number of aromatic nitrogens is 2. The second-order valence-electron chi connectivity index (χ2n) is 8.96. The summed E-state index contributed by atoms with van der Waals surface area (Å²) in [6.07, 6.45) is -1.52. The van der Waals surface area contributed by atoms with Gasteiger partial charge in [-0.05, 0) is 50.4 Å². The Morgan fingerprint density at radius 2 is 1.88 bits per heavy atom. The zero-order valence-corrected chi connectivity index (χ0v) is 19.4. The van der Waals surface area contributed by atoms with Gasteiger partial charge < -0.3 is 15.2 Å². The lowest BCUT2D eigenvalue weighted by molar-refractivity contribution is -0.140. The van der Waals surface area contributed by atoms with Crippen molar-refractivity contribution in [2.24, 2.45) is 0 Å². The summed E-state index contributed by atoms with van der Waals surface area (Å²) in [5, 5.41) is 2.31. The number of nitrogens with one attached hydrogen (secondary N) is 2. The fourth-order valence-electron chi connectivity index (χ4n) is 5.05. The van der Waals surface area contributed by atoms with Crippen LogP contribution < -0.4 is 15.8 Å². The van der Waals surface area contributed by atoms with Crippen molar-refractivity contribution in [2.75, 3.05) is 38.1 Å². The Balaban J connectivity index is 1.41. The molecule has 1 unspecified atom stereocenters. The summed E-state index contributed by atoms with van der Waals surface area (Å²) in [5.41, 5.74) is 0.463. The van der Waals surface area contributed by atoms with Gasteiger partial charge in [-0.25, -0.2) is 4.98 Å². The van der Waals surface area contributed by atoms with Crippen LogP contribution in [0.4, 0.5) is 18.9 Å². The number of pyridine rings is 2. The SMILES string of the molecule is CCc1ccc(C2CCN(C3CCN(c4ccc(C(=O)NC)nc4C(F)(F)F)CC3)C2)[nH]c1=O. The van der Waals surface area contributed by atoms with E-state index in [9.17, 15) is 22.8 Å². The molecule has 0 saturated carbocycles. The number of alkyl halides is 3. The van der Waals surface area contributed by atoms with Gasteiger partial charge in [0.25, 0.3) is 11.5 Å². The number of likely N-dealkylation sites (tertiary alicyclic amines) is 1. The standard InChI is InChI=1S/C24H30F3N5O2/c1-3-15-4-5-18(30-22(15)33)16-8-11-32(14-16)17-9-12-31(13-10-17)20-7-6-19(23(34)28-2)29-21(20)24(25,26)27/h4-7,16-17H,3,8-14H2,1-2H3,(H,28,34)(H,30,33). The molecule has 0 aliphatic carbocycles. The highest BCUT2D eigenvalue weighted by Crippen LogP contribution is 2.37. The third kappa shape index (κ3) is 4.96. The van der Waals surface area contributed by atoms with Crippen molar-refractivity contribution >= 4 is 11.6 Å². The number of halogens is 3. The number of rotatable bonds is 5. The zero-order chi connectivity index (χ0) is 24.5. The number of hydrogen-bond donors (Lipinski definition) is 2. The molecular weight excluding hydrogens is 447 g/mol. The summed E-state index contributed by atoms with van der Waals surface area (Å²) in [5.74, 6) is -0.389. The van der Waals surface area contributed by atoms with Gasteiger partial charge in [-0.3, -0.25) is 14.5 Å². The van der Waals surface area contributed by atoms with E-state index in [0.29, 0.717) is 19.5 Å². The molecule has 2 aromatic rings. The van der Waals surface area contributed by atoms with Crippen LogP contribution in [0.25, 0.3) is 0 Å². The number of aryl methyl sites for hydroxylation is 1. The highest BCUT2D eigenvalue weighted by Gasteiger charge is 2.39. The lowest BCUT2D eigenvalue weighted by Gasteiger charge is -2.38. The summed E-state index contributed by atoms with van der Waals surface area (Å²) >= 11 is 0. The number of H-pyrrole nitrogens is 1. The molecule has 4 rings (SSSR count). The molecule has 2 saturated heterocycles. The van der Waals surface area contributed by atoms with E-state index in [2.05, 4.69) is 20.2 Å². The molecule has 10 heteroatoms. The minimum absolute atomic E-state index is 0.0199. The van der Waals surface area contributed by atoms with Gasteiger partial charge in [0.05, 0.1) is 5.69 Å². The first-order valence-corrected chi connectivity index (χ1v) is 11.7. The number of carbonyl (C=O) groups is 1. The lowest BCUT2D eigenvalue weighted by Crippen LogP contribution is -2.44. The normalized spacial score (nSPS) is 20.0. The summed E-state index contributed by atoms with van der Waals surface area (Å²) in [7, 11) is 1.36. The van der Waals surface area contributed by atoms with Gasteiger partial charge in [0.1, 0.15) is 5.69 Å². The zero-order valence-electron chi connectivity index (χ0n) is 19.4. The number of piperidine rings is 1. The quantitative estimate of drug-likeness (QED) is 0.692. The fourth-order valence-corrected chi connectivity index (χ4v) is 5.05. The number of hydrogen-bond acceptors (Lipinski definition) is 5. The van der Waals surface area contributed by atoms with E-state index in [1.54, 1.807) is 4.90 Å². The van der Waals surface area contributed by atoms with Gasteiger partial charge in [0.2, 0.25) is 0 Å². The maximum Gasteiger partial charge on any atom is 0.435 e. The molecule has 2 N–H and O–H groups in total. The molecule has 0 spiro atoms. The van der Waals surface area contributed by atoms with Crippen LogP contribution >= 0.6 is 0 Å². The Morgan fingerprint density at radius 1 is 1.15 bits per heavy atom. The van der Waals surface area contributed by atoms with E-state index in [0.717, 1.165) is 43.6 Å². The van der Waals surface area contributed by atoms with Crippen molar-refractivity contribution in [3.8, 4) is 0 Å². The molecule has 0 aromatic carbocycles. The van der Waals surface area contributed by atoms with Crippen molar-refractivity contribution in [2.45, 2.75) is 50.7 Å². The predicted molar refractivity (Wildman–Crippen MR) is 123 cm³/mol. The topological polar surface area (TPSA) is 81.3 Å².